The highest BCUT2D eigenvalue weighted by Crippen LogP contribution is 2.41. The standard InChI is InChI=1S/C10H9F3N2O3/c1-6-5-9(17,10(11,12)13)15(14-6)8(16)7-3-2-4-18-7/h2-4,14,17H,1,5H2. The van der Waals surface area contributed by atoms with Crippen molar-refractivity contribution in [3.05, 3.63) is 36.4 Å². The molecule has 1 aromatic heterocycles. The first-order chi connectivity index (χ1) is 8.25. The summed E-state index contributed by atoms with van der Waals surface area (Å²) in [6.45, 7) is 3.28. The fraction of sp³-hybridized carbons (Fsp3) is 0.300. The summed E-state index contributed by atoms with van der Waals surface area (Å²) < 4.78 is 43.2. The van der Waals surface area contributed by atoms with E-state index >= 15 is 0 Å². The SMILES string of the molecule is C=C1CC(O)(C(F)(F)F)N(C(=O)c2ccco2)N1. The lowest BCUT2D eigenvalue weighted by molar-refractivity contribution is -0.299. The van der Waals surface area contributed by atoms with Crippen LogP contribution in [0, 0.1) is 0 Å². The van der Waals surface area contributed by atoms with E-state index in [1.807, 2.05) is 0 Å². The summed E-state index contributed by atoms with van der Waals surface area (Å²) in [4.78, 5) is 11.8. The molecule has 0 radical (unpaired) electrons. The number of furan rings is 1. The molecule has 1 atom stereocenters. The molecule has 1 saturated heterocycles. The van der Waals surface area contributed by atoms with Crippen molar-refractivity contribution in [1.29, 1.82) is 0 Å². The molecule has 0 spiro atoms. The van der Waals surface area contributed by atoms with Crippen LogP contribution in [0.5, 0.6) is 0 Å². The number of carbonyl (C=O) groups is 1. The van der Waals surface area contributed by atoms with Crippen molar-refractivity contribution in [2.45, 2.75) is 18.3 Å². The number of nitrogens with one attached hydrogen (secondary N) is 1. The second-order valence-corrected chi connectivity index (χ2v) is 3.82. The minimum Gasteiger partial charge on any atom is -0.459 e. The molecule has 1 aliphatic rings. The van der Waals surface area contributed by atoms with E-state index < -0.39 is 24.2 Å². The highest BCUT2D eigenvalue weighted by atomic mass is 19.4. The smallest absolute Gasteiger partial charge is 0.438 e. The summed E-state index contributed by atoms with van der Waals surface area (Å²) in [6.07, 6.45) is -4.70. The molecule has 1 amide bonds. The van der Waals surface area contributed by atoms with E-state index in [1.165, 1.54) is 12.1 Å². The first-order valence-electron chi connectivity index (χ1n) is 4.87. The van der Waals surface area contributed by atoms with Gasteiger partial charge in [-0.15, -0.1) is 0 Å². The molecule has 18 heavy (non-hydrogen) atoms. The predicted molar refractivity (Wildman–Crippen MR) is 52.8 cm³/mol. The average Bonchev–Trinajstić information content (AvgIpc) is 2.84. The summed E-state index contributed by atoms with van der Waals surface area (Å²) in [5, 5.41) is 9.72. The minimum absolute atomic E-state index is 0.0775. The van der Waals surface area contributed by atoms with Crippen LogP contribution in [0.15, 0.2) is 35.1 Å². The summed E-state index contributed by atoms with van der Waals surface area (Å²) in [5.74, 6) is -1.45. The number of amides is 1. The number of carbonyl (C=O) groups excluding carboxylic acids is 1. The van der Waals surface area contributed by atoms with E-state index in [2.05, 4.69) is 12.0 Å². The summed E-state index contributed by atoms with van der Waals surface area (Å²) >= 11 is 0. The quantitative estimate of drug-likeness (QED) is 0.802. The monoisotopic (exact) mass is 262 g/mol. The van der Waals surface area contributed by atoms with E-state index in [0.29, 0.717) is 0 Å². The summed E-state index contributed by atoms with van der Waals surface area (Å²) in [6, 6.07) is 2.55. The zero-order valence-corrected chi connectivity index (χ0v) is 8.99. The van der Waals surface area contributed by atoms with Gasteiger partial charge in [0, 0.05) is 12.1 Å². The maximum Gasteiger partial charge on any atom is 0.438 e. The Morgan fingerprint density at radius 2 is 2.28 bits per heavy atom. The van der Waals surface area contributed by atoms with Gasteiger partial charge in [-0.2, -0.15) is 13.2 Å². The maximum absolute atomic E-state index is 12.8. The van der Waals surface area contributed by atoms with Crippen molar-refractivity contribution >= 4 is 5.91 Å². The molecule has 2 N–H and O–H groups in total. The van der Waals surface area contributed by atoms with Crippen molar-refractivity contribution < 1.29 is 27.5 Å². The fourth-order valence-corrected chi connectivity index (χ4v) is 1.62. The van der Waals surface area contributed by atoms with Crippen LogP contribution in [0.3, 0.4) is 0 Å². The lowest BCUT2D eigenvalue weighted by Crippen LogP contribution is -2.59. The molecule has 1 unspecified atom stereocenters. The molecule has 98 valence electrons. The molecule has 0 bridgehead atoms. The zero-order chi connectivity index (χ0) is 13.6. The lowest BCUT2D eigenvalue weighted by Gasteiger charge is -2.32. The van der Waals surface area contributed by atoms with Gasteiger partial charge in [-0.3, -0.25) is 10.2 Å². The largest absolute Gasteiger partial charge is 0.459 e. The predicted octanol–water partition coefficient (Wildman–Crippen LogP) is 1.39. The minimum atomic E-state index is -5.01. The number of aliphatic hydroxyl groups is 1. The van der Waals surface area contributed by atoms with Crippen LogP contribution >= 0.6 is 0 Å². The molecular formula is C10H9F3N2O3. The van der Waals surface area contributed by atoms with Crippen LogP contribution in [0.2, 0.25) is 0 Å². The molecule has 0 saturated carbocycles. The Labute approximate surface area is 99.5 Å². The van der Waals surface area contributed by atoms with Crippen LogP contribution in [-0.4, -0.2) is 27.9 Å². The summed E-state index contributed by atoms with van der Waals surface area (Å²) in [5.41, 5.74) is -1.34. The Morgan fingerprint density at radius 3 is 2.78 bits per heavy atom. The highest BCUT2D eigenvalue weighted by Gasteiger charge is 2.63. The second kappa shape index (κ2) is 3.77. The van der Waals surface area contributed by atoms with Crippen molar-refractivity contribution in [2.24, 2.45) is 0 Å². The van der Waals surface area contributed by atoms with Gasteiger partial charge in [0.1, 0.15) is 0 Å². The molecule has 0 aliphatic carbocycles. The van der Waals surface area contributed by atoms with E-state index in [-0.39, 0.29) is 16.5 Å². The van der Waals surface area contributed by atoms with Gasteiger partial charge in [0.25, 0.3) is 5.72 Å². The Kier molecular flexibility index (Phi) is 2.62. The Hall–Kier alpha value is -1.96. The maximum atomic E-state index is 12.8. The molecular weight excluding hydrogens is 253 g/mol. The van der Waals surface area contributed by atoms with Crippen molar-refractivity contribution in [1.82, 2.24) is 10.4 Å². The zero-order valence-electron chi connectivity index (χ0n) is 8.99. The van der Waals surface area contributed by atoms with Crippen LogP contribution in [0.1, 0.15) is 17.0 Å². The first kappa shape index (κ1) is 12.5. The number of halogens is 3. The number of rotatable bonds is 1. The summed E-state index contributed by atoms with van der Waals surface area (Å²) in [7, 11) is 0. The molecule has 2 heterocycles. The number of nitrogens with zero attached hydrogens (tertiary/aromatic N) is 1. The molecule has 5 nitrogen and oxygen atoms in total. The molecule has 8 heteroatoms. The van der Waals surface area contributed by atoms with Gasteiger partial charge in [0.2, 0.25) is 0 Å². The third-order valence-electron chi connectivity index (χ3n) is 2.49. The number of hydrazine groups is 1. The first-order valence-corrected chi connectivity index (χ1v) is 4.87. The molecule has 1 aliphatic heterocycles. The number of hydrogen-bond acceptors (Lipinski definition) is 4. The van der Waals surface area contributed by atoms with E-state index in [9.17, 15) is 23.1 Å². The van der Waals surface area contributed by atoms with E-state index in [0.717, 1.165) is 6.26 Å². The fourth-order valence-electron chi connectivity index (χ4n) is 1.62. The Balaban J connectivity index is 2.37. The van der Waals surface area contributed by atoms with Crippen molar-refractivity contribution in [3.8, 4) is 0 Å². The van der Waals surface area contributed by atoms with Crippen LogP contribution in [0.4, 0.5) is 13.2 Å². The second-order valence-electron chi connectivity index (χ2n) is 3.82. The number of alkyl halides is 3. The topological polar surface area (TPSA) is 65.7 Å². The van der Waals surface area contributed by atoms with E-state index in [4.69, 9.17) is 4.42 Å². The van der Waals surface area contributed by atoms with Crippen molar-refractivity contribution in [3.63, 3.8) is 0 Å². The van der Waals surface area contributed by atoms with Gasteiger partial charge >= 0.3 is 12.1 Å². The van der Waals surface area contributed by atoms with Crippen LogP contribution in [0.25, 0.3) is 0 Å². The highest BCUT2D eigenvalue weighted by molar-refractivity contribution is 5.92. The third-order valence-corrected chi connectivity index (χ3v) is 2.49. The lowest BCUT2D eigenvalue weighted by atomic mass is 10.1. The van der Waals surface area contributed by atoms with Crippen molar-refractivity contribution in [2.75, 3.05) is 0 Å². The third kappa shape index (κ3) is 1.74. The van der Waals surface area contributed by atoms with Gasteiger partial charge in [-0.1, -0.05) is 6.58 Å². The Morgan fingerprint density at radius 1 is 1.61 bits per heavy atom. The molecule has 0 aromatic carbocycles. The van der Waals surface area contributed by atoms with E-state index in [1.54, 1.807) is 0 Å². The number of hydrogen-bond donors (Lipinski definition) is 2. The van der Waals surface area contributed by atoms with Gasteiger partial charge < -0.3 is 9.52 Å². The van der Waals surface area contributed by atoms with Gasteiger partial charge in [0.15, 0.2) is 5.76 Å². The van der Waals surface area contributed by atoms with Gasteiger partial charge in [0.05, 0.1) is 6.26 Å². The normalized spacial score (nSPS) is 24.2. The average molecular weight is 262 g/mol. The molecule has 2 rings (SSSR count). The van der Waals surface area contributed by atoms with Crippen LogP contribution in [-0.2, 0) is 0 Å². The molecule has 1 aromatic rings. The van der Waals surface area contributed by atoms with Gasteiger partial charge in [-0.05, 0) is 12.1 Å². The van der Waals surface area contributed by atoms with Gasteiger partial charge in [-0.25, -0.2) is 5.01 Å². The molecule has 1 fully saturated rings. The Bertz CT molecular complexity index is 483. The van der Waals surface area contributed by atoms with Crippen LogP contribution < -0.4 is 5.43 Å².